The molecular formula is C21H20ClF3N4OS. The number of carbonyl (C=O) groups is 1. The first kappa shape index (κ1) is 23.2. The smallest absolute Gasteiger partial charge is 0.348 e. The minimum Gasteiger partial charge on any atom is -0.348 e. The van der Waals surface area contributed by atoms with Crippen molar-refractivity contribution in [1.29, 1.82) is 0 Å². The molecule has 0 radical (unpaired) electrons. The van der Waals surface area contributed by atoms with Crippen LogP contribution in [0.1, 0.15) is 23.2 Å². The molecule has 10 heteroatoms. The summed E-state index contributed by atoms with van der Waals surface area (Å²) in [6, 6.07) is 6.31. The van der Waals surface area contributed by atoms with Gasteiger partial charge in [-0.1, -0.05) is 42.0 Å². The van der Waals surface area contributed by atoms with Gasteiger partial charge in [-0.05, 0) is 30.2 Å². The van der Waals surface area contributed by atoms with E-state index in [1.165, 1.54) is 24.3 Å². The number of aromatic nitrogens is 2. The predicted molar refractivity (Wildman–Crippen MR) is 117 cm³/mol. The van der Waals surface area contributed by atoms with Gasteiger partial charge in [-0.2, -0.15) is 18.3 Å². The van der Waals surface area contributed by atoms with Crippen LogP contribution in [0.2, 0.25) is 0 Å². The number of nitrogens with one attached hydrogen (secondary N) is 1. The van der Waals surface area contributed by atoms with Crippen molar-refractivity contribution in [2.45, 2.75) is 25.1 Å². The number of nitrogens with zero attached hydrogens (tertiary/aromatic N) is 2. The molecular weight excluding hydrogens is 449 g/mol. The van der Waals surface area contributed by atoms with E-state index in [4.69, 9.17) is 29.6 Å². The Hall–Kier alpha value is -2.49. The van der Waals surface area contributed by atoms with E-state index in [0.29, 0.717) is 9.90 Å². The van der Waals surface area contributed by atoms with Crippen LogP contribution in [0.3, 0.4) is 0 Å². The average molecular weight is 469 g/mol. The Morgan fingerprint density at radius 1 is 1.35 bits per heavy atom. The van der Waals surface area contributed by atoms with Gasteiger partial charge in [-0.25, -0.2) is 0 Å². The lowest BCUT2D eigenvalue weighted by Crippen LogP contribution is -2.43. The molecule has 0 saturated heterocycles. The number of hydrogen-bond acceptors (Lipinski definition) is 4. The lowest BCUT2D eigenvalue weighted by atomic mass is 9.94. The van der Waals surface area contributed by atoms with Crippen molar-refractivity contribution in [2.24, 2.45) is 12.8 Å². The Balaban J connectivity index is 1.80. The van der Waals surface area contributed by atoms with Crippen LogP contribution in [0, 0.1) is 0 Å². The molecule has 0 saturated carbocycles. The maximum Gasteiger partial charge on any atom is 0.416 e. The fourth-order valence-corrected chi connectivity index (χ4v) is 3.97. The van der Waals surface area contributed by atoms with Gasteiger partial charge in [-0.15, -0.1) is 0 Å². The van der Waals surface area contributed by atoms with E-state index in [1.54, 1.807) is 24.0 Å². The van der Waals surface area contributed by atoms with Crippen molar-refractivity contribution in [3.8, 4) is 0 Å². The highest BCUT2D eigenvalue weighted by molar-refractivity contribution is 7.81. The number of amides is 1. The first-order chi connectivity index (χ1) is 14.6. The Kier molecular flexibility index (Phi) is 6.98. The summed E-state index contributed by atoms with van der Waals surface area (Å²) in [4.78, 5) is 13.2. The van der Waals surface area contributed by atoms with E-state index in [1.807, 2.05) is 0 Å². The predicted octanol–water partition coefficient (Wildman–Crippen LogP) is 3.78. The van der Waals surface area contributed by atoms with Gasteiger partial charge in [0.15, 0.2) is 0 Å². The first-order valence-corrected chi connectivity index (χ1v) is 10.2. The van der Waals surface area contributed by atoms with Gasteiger partial charge in [0.25, 0.3) is 5.91 Å². The second-order valence-corrected chi connectivity index (χ2v) is 7.99. The van der Waals surface area contributed by atoms with Crippen molar-refractivity contribution in [3.63, 3.8) is 0 Å². The summed E-state index contributed by atoms with van der Waals surface area (Å²) in [6.45, 7) is -0.0399. The molecule has 1 aromatic carbocycles. The number of benzene rings is 1. The summed E-state index contributed by atoms with van der Waals surface area (Å²) in [5.41, 5.74) is 6.77. The number of allylic oxidation sites excluding steroid dienone is 3. The average Bonchev–Trinajstić information content (AvgIpc) is 3.14. The summed E-state index contributed by atoms with van der Waals surface area (Å²) in [7, 11) is 1.77. The highest BCUT2D eigenvalue weighted by atomic mass is 35.5. The topological polar surface area (TPSA) is 72.9 Å². The number of halogens is 4. The summed E-state index contributed by atoms with van der Waals surface area (Å²) in [6.07, 6.45) is -1.18. The molecule has 1 amide bonds. The zero-order valence-corrected chi connectivity index (χ0v) is 18.1. The molecule has 31 heavy (non-hydrogen) atoms. The van der Waals surface area contributed by atoms with Gasteiger partial charge in [0.05, 0.1) is 16.8 Å². The molecule has 2 aromatic rings. The molecule has 1 aliphatic carbocycles. The lowest BCUT2D eigenvalue weighted by Gasteiger charge is -2.22. The third kappa shape index (κ3) is 5.23. The number of nitrogens with two attached hydrogens (primary N) is 1. The first-order valence-electron chi connectivity index (χ1n) is 9.39. The van der Waals surface area contributed by atoms with Crippen LogP contribution in [-0.4, -0.2) is 33.1 Å². The number of carbonyl (C=O) groups excluding carboxylic acids is 1. The molecule has 5 nitrogen and oxygen atoms in total. The number of thiocarbonyl (C=S) groups is 1. The summed E-state index contributed by atoms with van der Waals surface area (Å²) in [5.74, 6) is -0.521. The van der Waals surface area contributed by atoms with Crippen LogP contribution in [0.15, 0.2) is 53.2 Å². The van der Waals surface area contributed by atoms with Crippen LogP contribution in [0.4, 0.5) is 13.2 Å². The number of aryl methyl sites for hydroxylation is 1. The molecule has 3 N–H and O–H groups in total. The Morgan fingerprint density at radius 3 is 2.68 bits per heavy atom. The quantitative estimate of drug-likeness (QED) is 0.633. The molecule has 1 aliphatic rings. The van der Waals surface area contributed by atoms with Gasteiger partial charge < -0.3 is 11.1 Å². The lowest BCUT2D eigenvalue weighted by molar-refractivity contribution is -0.138. The number of alkyl halides is 3. The number of rotatable bonds is 6. The monoisotopic (exact) mass is 468 g/mol. The fraction of sp³-hybridized carbons (Fsp3) is 0.286. The third-order valence-electron chi connectivity index (χ3n) is 4.98. The standard InChI is InChI=1S/C21H20ClF3N4OS/c1-29-18(6-7-27-29)14-10-19(31)15(9-17(14)22)20(30)28-13(11-26)8-12-4-2-3-5-16(12)21(23,24)25/h2-7,9,13H,8,10-11,26H2,1H3,(H,28,30)/t13-/m0/s1. The van der Waals surface area contributed by atoms with E-state index in [0.717, 1.165) is 17.3 Å². The van der Waals surface area contributed by atoms with Crippen molar-refractivity contribution in [2.75, 3.05) is 6.54 Å². The highest BCUT2D eigenvalue weighted by Crippen LogP contribution is 2.33. The molecule has 3 rings (SSSR count). The second-order valence-electron chi connectivity index (χ2n) is 7.09. The van der Waals surface area contributed by atoms with Crippen LogP contribution < -0.4 is 11.1 Å². The van der Waals surface area contributed by atoms with Gasteiger partial charge in [0.2, 0.25) is 0 Å². The molecule has 0 fully saturated rings. The second kappa shape index (κ2) is 9.33. The normalized spacial score (nSPS) is 15.7. The van der Waals surface area contributed by atoms with E-state index >= 15 is 0 Å². The molecule has 164 valence electrons. The van der Waals surface area contributed by atoms with E-state index in [-0.39, 0.29) is 30.5 Å². The molecule has 1 heterocycles. The minimum absolute atomic E-state index is 0.0399. The molecule has 0 bridgehead atoms. The fourth-order valence-electron chi connectivity index (χ4n) is 3.41. The maximum absolute atomic E-state index is 13.3. The van der Waals surface area contributed by atoms with Gasteiger partial charge >= 0.3 is 6.18 Å². The largest absolute Gasteiger partial charge is 0.416 e. The van der Waals surface area contributed by atoms with Gasteiger partial charge in [-0.3, -0.25) is 9.48 Å². The zero-order valence-electron chi connectivity index (χ0n) is 16.5. The van der Waals surface area contributed by atoms with Crippen molar-refractivity contribution in [3.05, 3.63) is 70.0 Å². The summed E-state index contributed by atoms with van der Waals surface area (Å²) >= 11 is 11.8. The van der Waals surface area contributed by atoms with E-state index < -0.39 is 23.7 Å². The van der Waals surface area contributed by atoms with Crippen LogP contribution in [0.25, 0.3) is 5.57 Å². The molecule has 1 aromatic heterocycles. The van der Waals surface area contributed by atoms with Crippen molar-refractivity contribution in [1.82, 2.24) is 15.1 Å². The van der Waals surface area contributed by atoms with Gasteiger partial charge in [0.1, 0.15) is 0 Å². The minimum atomic E-state index is -4.49. The highest BCUT2D eigenvalue weighted by Gasteiger charge is 2.33. The number of hydrogen-bond donors (Lipinski definition) is 2. The molecule has 1 atom stereocenters. The molecule has 0 spiro atoms. The maximum atomic E-state index is 13.3. The SMILES string of the molecule is Cn1nccc1C1=C(Cl)C=C(C(=O)N[C@H](CN)Cc2ccccc2C(F)(F)F)C(=S)C1. The van der Waals surface area contributed by atoms with Gasteiger partial charge in [0, 0.05) is 47.7 Å². The van der Waals surface area contributed by atoms with Crippen LogP contribution in [0.5, 0.6) is 0 Å². The van der Waals surface area contributed by atoms with Crippen molar-refractivity contribution >= 4 is 40.2 Å². The molecule has 0 aliphatic heterocycles. The molecule has 0 unspecified atom stereocenters. The Morgan fingerprint density at radius 2 is 2.06 bits per heavy atom. The summed E-state index contributed by atoms with van der Waals surface area (Å²) in [5, 5.41) is 7.15. The third-order valence-corrected chi connectivity index (χ3v) is 5.68. The Bertz CT molecular complexity index is 1070. The van der Waals surface area contributed by atoms with Crippen LogP contribution >= 0.6 is 23.8 Å². The van der Waals surface area contributed by atoms with Crippen molar-refractivity contribution < 1.29 is 18.0 Å². The zero-order chi connectivity index (χ0) is 22.8. The van der Waals surface area contributed by atoms with Crippen LogP contribution in [-0.2, 0) is 24.4 Å². The van der Waals surface area contributed by atoms with E-state index in [2.05, 4.69) is 10.4 Å². The van der Waals surface area contributed by atoms with E-state index in [9.17, 15) is 18.0 Å². The summed E-state index contributed by atoms with van der Waals surface area (Å²) < 4.78 is 41.4. The Labute approximate surface area is 187 Å².